The Labute approximate surface area is 86.0 Å². The molecule has 0 saturated carbocycles. The number of benzene rings is 1. The van der Waals surface area contributed by atoms with Gasteiger partial charge in [0.1, 0.15) is 0 Å². The smallest absolute Gasteiger partial charge is 0.206 e. The van der Waals surface area contributed by atoms with Crippen LogP contribution in [0.25, 0.3) is 0 Å². The maximum absolute atomic E-state index is 13.4. The SMILES string of the molecule is COc1c(O)c(C)c(Cl)c(F)c1OC. The molecule has 0 aliphatic rings. The highest BCUT2D eigenvalue weighted by atomic mass is 35.5. The normalized spacial score (nSPS) is 10.1. The lowest BCUT2D eigenvalue weighted by Crippen LogP contribution is -1.97. The first-order valence-corrected chi connectivity index (χ1v) is 4.20. The van der Waals surface area contributed by atoms with Crippen molar-refractivity contribution in [3.05, 3.63) is 16.4 Å². The molecule has 3 nitrogen and oxygen atoms in total. The van der Waals surface area contributed by atoms with E-state index in [1.165, 1.54) is 21.1 Å². The Morgan fingerprint density at radius 2 is 1.71 bits per heavy atom. The summed E-state index contributed by atoms with van der Waals surface area (Å²) in [6.07, 6.45) is 0. The van der Waals surface area contributed by atoms with Crippen LogP contribution in [0.5, 0.6) is 17.2 Å². The van der Waals surface area contributed by atoms with Gasteiger partial charge < -0.3 is 14.6 Å². The summed E-state index contributed by atoms with van der Waals surface area (Å²) in [4.78, 5) is 0. The van der Waals surface area contributed by atoms with Crippen LogP contribution < -0.4 is 9.47 Å². The molecule has 0 aliphatic carbocycles. The van der Waals surface area contributed by atoms with Gasteiger partial charge in [0.25, 0.3) is 0 Å². The fraction of sp³-hybridized carbons (Fsp3) is 0.333. The molecule has 1 N–H and O–H groups in total. The predicted octanol–water partition coefficient (Wildman–Crippen LogP) is 2.51. The number of aromatic hydroxyl groups is 1. The molecule has 0 heterocycles. The minimum absolute atomic E-state index is 0.0492. The van der Waals surface area contributed by atoms with Crippen molar-refractivity contribution in [3.63, 3.8) is 0 Å². The van der Waals surface area contributed by atoms with Crippen molar-refractivity contribution >= 4 is 11.6 Å². The number of methoxy groups -OCH3 is 2. The third-order valence-corrected chi connectivity index (χ3v) is 2.36. The number of hydrogen-bond donors (Lipinski definition) is 1. The van der Waals surface area contributed by atoms with Gasteiger partial charge in [0.05, 0.1) is 19.2 Å². The molecule has 0 amide bonds. The average molecular weight is 221 g/mol. The van der Waals surface area contributed by atoms with Crippen LogP contribution in [0.3, 0.4) is 0 Å². The van der Waals surface area contributed by atoms with Gasteiger partial charge in [-0.3, -0.25) is 0 Å². The fourth-order valence-corrected chi connectivity index (χ4v) is 1.29. The van der Waals surface area contributed by atoms with Gasteiger partial charge in [-0.05, 0) is 6.92 Å². The van der Waals surface area contributed by atoms with Crippen LogP contribution in [-0.4, -0.2) is 19.3 Å². The van der Waals surface area contributed by atoms with Gasteiger partial charge in [-0.1, -0.05) is 11.6 Å². The Morgan fingerprint density at radius 1 is 1.21 bits per heavy atom. The Morgan fingerprint density at radius 3 is 2.14 bits per heavy atom. The molecule has 0 bridgehead atoms. The summed E-state index contributed by atoms with van der Waals surface area (Å²) in [5, 5.41) is 9.39. The Balaban J connectivity index is 3.57. The molecule has 0 spiro atoms. The van der Waals surface area contributed by atoms with Crippen molar-refractivity contribution in [1.29, 1.82) is 0 Å². The predicted molar refractivity (Wildman–Crippen MR) is 50.9 cm³/mol. The molecule has 78 valence electrons. The van der Waals surface area contributed by atoms with E-state index in [1.807, 2.05) is 0 Å². The van der Waals surface area contributed by atoms with Crippen molar-refractivity contribution in [2.45, 2.75) is 6.92 Å². The summed E-state index contributed by atoms with van der Waals surface area (Å²) in [7, 11) is 2.58. The zero-order valence-electron chi connectivity index (χ0n) is 8.02. The van der Waals surface area contributed by atoms with E-state index < -0.39 is 5.82 Å². The van der Waals surface area contributed by atoms with Crippen LogP contribution in [0.1, 0.15) is 5.56 Å². The lowest BCUT2D eigenvalue weighted by Gasteiger charge is -2.13. The lowest BCUT2D eigenvalue weighted by molar-refractivity contribution is 0.318. The minimum atomic E-state index is -0.735. The number of hydrogen-bond acceptors (Lipinski definition) is 3. The van der Waals surface area contributed by atoms with Gasteiger partial charge >= 0.3 is 0 Å². The van der Waals surface area contributed by atoms with E-state index >= 15 is 0 Å². The number of rotatable bonds is 2. The zero-order chi connectivity index (χ0) is 10.9. The monoisotopic (exact) mass is 220 g/mol. The molecule has 1 aromatic rings. The van der Waals surface area contributed by atoms with Gasteiger partial charge in [-0.15, -0.1) is 0 Å². The van der Waals surface area contributed by atoms with E-state index in [1.54, 1.807) is 0 Å². The van der Waals surface area contributed by atoms with E-state index in [4.69, 9.17) is 21.1 Å². The van der Waals surface area contributed by atoms with Crippen LogP contribution in [0.4, 0.5) is 4.39 Å². The van der Waals surface area contributed by atoms with Crippen LogP contribution in [0, 0.1) is 12.7 Å². The van der Waals surface area contributed by atoms with Crippen molar-refractivity contribution in [2.75, 3.05) is 14.2 Å². The lowest BCUT2D eigenvalue weighted by atomic mass is 10.2. The van der Waals surface area contributed by atoms with E-state index in [2.05, 4.69) is 0 Å². The molecule has 5 heteroatoms. The highest BCUT2D eigenvalue weighted by molar-refractivity contribution is 6.32. The van der Waals surface area contributed by atoms with Crippen LogP contribution in [0.15, 0.2) is 0 Å². The quantitative estimate of drug-likeness (QED) is 0.832. The minimum Gasteiger partial charge on any atom is -0.504 e. The van der Waals surface area contributed by atoms with E-state index in [0.29, 0.717) is 0 Å². The summed E-state index contributed by atoms with van der Waals surface area (Å²) in [6, 6.07) is 0. The van der Waals surface area contributed by atoms with E-state index in [-0.39, 0.29) is 27.8 Å². The standard InChI is InChI=1S/C9H10ClFO3/c1-4-5(10)6(11)8(13-2)9(14-3)7(4)12/h12H,1-3H3. The summed E-state index contributed by atoms with van der Waals surface area (Å²) in [5.74, 6) is -1.19. The number of phenolic OH excluding ortho intramolecular Hbond substituents is 1. The molecule has 0 aliphatic heterocycles. The van der Waals surface area contributed by atoms with Gasteiger partial charge in [0.2, 0.25) is 11.5 Å². The maximum Gasteiger partial charge on any atom is 0.206 e. The first-order chi connectivity index (χ1) is 6.54. The van der Waals surface area contributed by atoms with E-state index in [0.717, 1.165) is 0 Å². The van der Waals surface area contributed by atoms with Gasteiger partial charge in [-0.2, -0.15) is 0 Å². The van der Waals surface area contributed by atoms with Crippen molar-refractivity contribution in [3.8, 4) is 17.2 Å². The number of ether oxygens (including phenoxy) is 2. The highest BCUT2D eigenvalue weighted by Gasteiger charge is 2.22. The second-order valence-corrected chi connectivity index (χ2v) is 3.05. The Bertz CT molecular complexity index is 331. The molecule has 14 heavy (non-hydrogen) atoms. The van der Waals surface area contributed by atoms with Gasteiger partial charge in [0, 0.05) is 5.56 Å². The largest absolute Gasteiger partial charge is 0.504 e. The third-order valence-electron chi connectivity index (χ3n) is 1.91. The molecule has 1 rings (SSSR count). The maximum atomic E-state index is 13.4. The first kappa shape index (κ1) is 10.9. The van der Waals surface area contributed by atoms with Crippen molar-refractivity contribution < 1.29 is 19.0 Å². The molecule has 1 aromatic carbocycles. The van der Waals surface area contributed by atoms with Crippen LogP contribution >= 0.6 is 11.6 Å². The Hall–Kier alpha value is -1.16. The van der Waals surface area contributed by atoms with E-state index in [9.17, 15) is 9.50 Å². The zero-order valence-corrected chi connectivity index (χ0v) is 8.78. The van der Waals surface area contributed by atoms with Crippen molar-refractivity contribution in [1.82, 2.24) is 0 Å². The van der Waals surface area contributed by atoms with Gasteiger partial charge in [0.15, 0.2) is 11.6 Å². The first-order valence-electron chi connectivity index (χ1n) is 3.83. The van der Waals surface area contributed by atoms with Crippen LogP contribution in [-0.2, 0) is 0 Å². The molecule has 0 unspecified atom stereocenters. The molecule has 0 radical (unpaired) electrons. The summed E-state index contributed by atoms with van der Waals surface area (Å²) in [6.45, 7) is 1.49. The molecule has 0 aromatic heterocycles. The summed E-state index contributed by atoms with van der Waals surface area (Å²) < 4.78 is 23.0. The molecular weight excluding hydrogens is 211 g/mol. The highest BCUT2D eigenvalue weighted by Crippen LogP contribution is 2.45. The topological polar surface area (TPSA) is 38.7 Å². The molecule has 0 saturated heterocycles. The van der Waals surface area contributed by atoms with Crippen molar-refractivity contribution in [2.24, 2.45) is 0 Å². The average Bonchev–Trinajstić information content (AvgIpc) is 2.20. The number of phenols is 1. The van der Waals surface area contributed by atoms with Crippen LogP contribution in [0.2, 0.25) is 5.02 Å². The Kier molecular flexibility index (Phi) is 3.06. The second kappa shape index (κ2) is 3.92. The molecule has 0 fully saturated rings. The summed E-state index contributed by atoms with van der Waals surface area (Å²) in [5.41, 5.74) is 0.224. The number of halogens is 2. The molecule has 0 atom stereocenters. The second-order valence-electron chi connectivity index (χ2n) is 2.67. The fourth-order valence-electron chi connectivity index (χ4n) is 1.12. The van der Waals surface area contributed by atoms with Gasteiger partial charge in [-0.25, -0.2) is 4.39 Å². The third kappa shape index (κ3) is 1.46. The molecular formula is C9H10ClFO3. The summed E-state index contributed by atoms with van der Waals surface area (Å²) >= 11 is 5.63.